The van der Waals surface area contributed by atoms with E-state index in [1.54, 1.807) is 0 Å². The molecule has 2 nitrogen and oxygen atoms in total. The maximum atomic E-state index is 4.67. The molecule has 0 bridgehead atoms. The van der Waals surface area contributed by atoms with Crippen molar-refractivity contribution in [3.05, 3.63) is 12.3 Å². The molecule has 1 aliphatic rings. The van der Waals surface area contributed by atoms with E-state index in [1.807, 2.05) is 0 Å². The molecule has 0 atom stereocenters. The first kappa shape index (κ1) is 6.50. The van der Waals surface area contributed by atoms with E-state index in [2.05, 4.69) is 16.3 Å². The van der Waals surface area contributed by atoms with Crippen LogP contribution in [0.1, 0.15) is 0 Å². The van der Waals surface area contributed by atoms with E-state index in [4.69, 9.17) is 0 Å². The van der Waals surface area contributed by atoms with Crippen molar-refractivity contribution in [3.63, 3.8) is 0 Å². The Morgan fingerprint density at radius 2 is 2.57 bits per heavy atom. The molecule has 0 N–H and O–H groups in total. The molecule has 0 aromatic heterocycles. The Labute approximate surface area is 48.3 Å². The average Bonchev–Trinajstić information content (AvgIpc) is 1.86. The first-order valence-electron chi connectivity index (χ1n) is 1.71. The van der Waals surface area contributed by atoms with Crippen LogP contribution >= 0.6 is 12.4 Å². The number of aliphatic imine (C=N–C) groups is 1. The molecule has 1 aliphatic heterocycles. The summed E-state index contributed by atoms with van der Waals surface area (Å²) in [4.78, 5) is 3.69. The summed E-state index contributed by atoms with van der Waals surface area (Å²) in [6, 6.07) is 0. The molecule has 40 valence electrons. The molecule has 0 aromatic rings. The lowest BCUT2D eigenvalue weighted by molar-refractivity contribution is 0.379. The van der Waals surface area contributed by atoms with Gasteiger partial charge in [-0.05, 0) is 0 Å². The lowest BCUT2D eigenvalue weighted by Crippen LogP contribution is -1.78. The van der Waals surface area contributed by atoms with Gasteiger partial charge in [-0.15, -0.1) is 12.4 Å². The Hall–Kier alpha value is -0.500. The molecule has 3 heteroatoms. The molecule has 0 amide bonds. The third-order valence-electron chi connectivity index (χ3n) is 0.560. The van der Waals surface area contributed by atoms with Gasteiger partial charge in [-0.2, -0.15) is 0 Å². The van der Waals surface area contributed by atoms with E-state index >= 15 is 0 Å². The van der Waals surface area contributed by atoms with Gasteiger partial charge in [0.05, 0.1) is 5.70 Å². The molecule has 1 heterocycles. The second-order valence-corrected chi connectivity index (χ2v) is 1.11. The second kappa shape index (κ2) is 2.64. The molecule has 0 aliphatic carbocycles. The Morgan fingerprint density at radius 1 is 1.86 bits per heavy atom. The number of halogens is 1. The minimum Gasteiger partial charge on any atom is -0.477 e. The minimum absolute atomic E-state index is 0. The second-order valence-electron chi connectivity index (χ2n) is 1.11. The van der Waals surface area contributed by atoms with Gasteiger partial charge in [-0.3, -0.25) is 0 Å². The summed E-state index contributed by atoms with van der Waals surface area (Å²) in [6.45, 7) is 4.10. The van der Waals surface area contributed by atoms with Gasteiger partial charge in [0.2, 0.25) is 0 Å². The summed E-state index contributed by atoms with van der Waals surface area (Å²) in [6.07, 6.45) is 1.41. The Kier molecular flexibility index (Phi) is 2.45. The molecular weight excluding hydrogens is 114 g/mol. The molecule has 0 spiro atoms. The van der Waals surface area contributed by atoms with Gasteiger partial charge >= 0.3 is 0 Å². The van der Waals surface area contributed by atoms with Crippen LogP contribution < -0.4 is 0 Å². The van der Waals surface area contributed by atoms with Crippen molar-refractivity contribution in [2.75, 3.05) is 6.61 Å². The molecule has 0 radical (unpaired) electrons. The van der Waals surface area contributed by atoms with Crippen LogP contribution in [0, 0.1) is 0 Å². The van der Waals surface area contributed by atoms with Crippen molar-refractivity contribution >= 4 is 18.8 Å². The normalized spacial score (nSPS) is 15.7. The highest BCUT2D eigenvalue weighted by atomic mass is 35.5. The summed E-state index contributed by atoms with van der Waals surface area (Å²) in [7, 11) is 0. The largest absolute Gasteiger partial charge is 0.477 e. The Morgan fingerprint density at radius 3 is 2.71 bits per heavy atom. The predicted octanol–water partition coefficient (Wildman–Crippen LogP) is 0.980. The fourth-order valence-corrected chi connectivity index (χ4v) is 0.283. The van der Waals surface area contributed by atoms with Gasteiger partial charge in [0, 0.05) is 0 Å². The van der Waals surface area contributed by atoms with Crippen LogP contribution in [-0.4, -0.2) is 13.0 Å². The standard InChI is InChI=1S/C4H5NO.ClH/c1-4-2-6-3-5-4;/h3H,1-2H2;1H. The summed E-state index contributed by atoms with van der Waals surface area (Å²) >= 11 is 0. The number of nitrogens with zero attached hydrogens (tertiary/aromatic N) is 1. The van der Waals surface area contributed by atoms with E-state index in [-0.39, 0.29) is 12.4 Å². The number of ether oxygens (including phenoxy) is 1. The van der Waals surface area contributed by atoms with Crippen LogP contribution in [0.4, 0.5) is 0 Å². The molecule has 1 rings (SSSR count). The average molecular weight is 120 g/mol. The van der Waals surface area contributed by atoms with Crippen LogP contribution in [0.2, 0.25) is 0 Å². The van der Waals surface area contributed by atoms with Crippen LogP contribution in [0.5, 0.6) is 0 Å². The number of rotatable bonds is 0. The Balaban J connectivity index is 0.000000360. The zero-order valence-corrected chi connectivity index (χ0v) is 4.57. The van der Waals surface area contributed by atoms with Crippen LogP contribution in [-0.2, 0) is 4.74 Å². The van der Waals surface area contributed by atoms with Crippen molar-refractivity contribution in [1.82, 2.24) is 0 Å². The molecular formula is C4H6ClNO. The van der Waals surface area contributed by atoms with Gasteiger partial charge in [0.15, 0.2) is 6.40 Å². The van der Waals surface area contributed by atoms with E-state index < -0.39 is 0 Å². The highest BCUT2D eigenvalue weighted by molar-refractivity contribution is 5.85. The fourth-order valence-electron chi connectivity index (χ4n) is 0.283. The quantitative estimate of drug-likeness (QED) is 0.466. The highest BCUT2D eigenvalue weighted by Crippen LogP contribution is 1.96. The van der Waals surface area contributed by atoms with E-state index in [1.165, 1.54) is 6.40 Å². The van der Waals surface area contributed by atoms with Crippen molar-refractivity contribution in [2.45, 2.75) is 0 Å². The van der Waals surface area contributed by atoms with Crippen LogP contribution in [0.25, 0.3) is 0 Å². The molecule has 7 heavy (non-hydrogen) atoms. The van der Waals surface area contributed by atoms with Gasteiger partial charge < -0.3 is 4.74 Å². The maximum absolute atomic E-state index is 4.67. The van der Waals surface area contributed by atoms with E-state index in [0.29, 0.717) is 6.61 Å². The predicted molar refractivity (Wildman–Crippen MR) is 30.8 cm³/mol. The molecule has 0 aromatic carbocycles. The lowest BCUT2D eigenvalue weighted by atomic mass is 10.6. The van der Waals surface area contributed by atoms with Gasteiger partial charge in [0.25, 0.3) is 0 Å². The molecule has 0 saturated carbocycles. The third-order valence-corrected chi connectivity index (χ3v) is 0.560. The summed E-state index contributed by atoms with van der Waals surface area (Å²) in [5, 5.41) is 0. The Bertz CT molecular complexity index is 99.9. The fraction of sp³-hybridized carbons (Fsp3) is 0.250. The van der Waals surface area contributed by atoms with Gasteiger partial charge in [-0.1, -0.05) is 6.58 Å². The van der Waals surface area contributed by atoms with Crippen molar-refractivity contribution < 1.29 is 4.74 Å². The van der Waals surface area contributed by atoms with Crippen LogP contribution in [0.3, 0.4) is 0 Å². The number of hydrogen-bond donors (Lipinski definition) is 0. The zero-order chi connectivity index (χ0) is 4.41. The lowest BCUT2D eigenvalue weighted by Gasteiger charge is -1.80. The summed E-state index contributed by atoms with van der Waals surface area (Å²) < 4.78 is 4.67. The molecule has 0 unspecified atom stereocenters. The zero-order valence-electron chi connectivity index (χ0n) is 3.76. The van der Waals surface area contributed by atoms with Crippen molar-refractivity contribution in [2.24, 2.45) is 4.99 Å². The third kappa shape index (κ3) is 1.59. The SMILES string of the molecule is C=C1COC=N1.Cl. The van der Waals surface area contributed by atoms with E-state index in [9.17, 15) is 0 Å². The maximum Gasteiger partial charge on any atom is 0.174 e. The summed E-state index contributed by atoms with van der Waals surface area (Å²) in [5.74, 6) is 0. The number of hydrogen-bond acceptors (Lipinski definition) is 2. The van der Waals surface area contributed by atoms with Gasteiger partial charge in [0.1, 0.15) is 6.61 Å². The highest BCUT2D eigenvalue weighted by Gasteiger charge is 1.93. The minimum atomic E-state index is 0. The topological polar surface area (TPSA) is 21.6 Å². The van der Waals surface area contributed by atoms with Gasteiger partial charge in [-0.25, -0.2) is 4.99 Å². The van der Waals surface area contributed by atoms with Crippen LogP contribution in [0.15, 0.2) is 17.3 Å². The monoisotopic (exact) mass is 119 g/mol. The van der Waals surface area contributed by atoms with E-state index in [0.717, 1.165) is 5.70 Å². The smallest absolute Gasteiger partial charge is 0.174 e. The first-order valence-corrected chi connectivity index (χ1v) is 1.71. The molecule has 0 saturated heterocycles. The first-order chi connectivity index (χ1) is 2.89. The molecule has 0 fully saturated rings. The van der Waals surface area contributed by atoms with Crippen molar-refractivity contribution in [3.8, 4) is 0 Å². The van der Waals surface area contributed by atoms with Crippen molar-refractivity contribution in [1.29, 1.82) is 0 Å². The summed E-state index contributed by atoms with van der Waals surface area (Å²) in [5.41, 5.74) is 0.801.